The molecule has 1 N–H and O–H groups in total. The average molecular weight is 549 g/mol. The molecule has 1 heterocycles. The number of hydrogen-bond donors (Lipinski definition) is 1. The second kappa shape index (κ2) is 14.8. The molecule has 2 atom stereocenters. The Morgan fingerprint density at radius 2 is 1.41 bits per heavy atom. The van der Waals surface area contributed by atoms with Gasteiger partial charge in [-0.1, -0.05) is 91.0 Å². The Kier molecular flexibility index (Phi) is 10.9. The topological polar surface area (TPSA) is 84.9 Å². The number of unbranched alkanes of at least 4 members (excludes halogenated alkanes) is 1. The van der Waals surface area contributed by atoms with Gasteiger partial charge in [0.25, 0.3) is 7.52 Å². The zero-order chi connectivity index (χ0) is 27.3. The standard InChI is InChI=1S/C31H37N2O5P/c34-30(33-21-12-20-29(33)31(35)37-24-27-16-6-2-7-17-27)23-32-39(36,38-25-28-18-8-3-9-19-28)22-11-10-15-26-13-4-1-5-14-26/h1-9,13-14,16-19,29H,10-12,15,20-25H2,(H,32,36)/t29-,39?/m0/s1. The first-order valence-corrected chi connectivity index (χ1v) is 15.4. The molecule has 0 aromatic heterocycles. The molecule has 1 aliphatic rings. The summed E-state index contributed by atoms with van der Waals surface area (Å²) in [6.45, 7) is 0.670. The van der Waals surface area contributed by atoms with Crippen molar-refractivity contribution in [3.63, 3.8) is 0 Å². The van der Waals surface area contributed by atoms with E-state index in [1.807, 2.05) is 78.9 Å². The van der Waals surface area contributed by atoms with Gasteiger partial charge < -0.3 is 14.2 Å². The van der Waals surface area contributed by atoms with Gasteiger partial charge in [-0.3, -0.25) is 9.36 Å². The predicted molar refractivity (Wildman–Crippen MR) is 152 cm³/mol. The lowest BCUT2D eigenvalue weighted by atomic mass is 10.1. The highest BCUT2D eigenvalue weighted by Gasteiger charge is 2.36. The van der Waals surface area contributed by atoms with Crippen molar-refractivity contribution in [1.29, 1.82) is 0 Å². The van der Waals surface area contributed by atoms with Crippen LogP contribution >= 0.6 is 7.52 Å². The van der Waals surface area contributed by atoms with Gasteiger partial charge in [0.2, 0.25) is 5.91 Å². The summed E-state index contributed by atoms with van der Waals surface area (Å²) in [6.07, 6.45) is 4.04. The number of nitrogens with one attached hydrogen (secondary N) is 1. The Balaban J connectivity index is 1.31. The van der Waals surface area contributed by atoms with Crippen LogP contribution in [0.1, 0.15) is 42.4 Å². The van der Waals surface area contributed by atoms with Crippen molar-refractivity contribution in [2.75, 3.05) is 19.3 Å². The van der Waals surface area contributed by atoms with Crippen LogP contribution in [0.2, 0.25) is 0 Å². The van der Waals surface area contributed by atoms with Crippen LogP contribution in [0.25, 0.3) is 0 Å². The smallest absolute Gasteiger partial charge is 0.329 e. The number of esters is 1. The van der Waals surface area contributed by atoms with E-state index in [1.165, 1.54) is 10.5 Å². The number of carbonyl (C=O) groups is 2. The zero-order valence-electron chi connectivity index (χ0n) is 22.2. The molecule has 4 rings (SSSR count). The van der Waals surface area contributed by atoms with Gasteiger partial charge in [-0.25, -0.2) is 9.88 Å². The van der Waals surface area contributed by atoms with Crippen molar-refractivity contribution >= 4 is 19.4 Å². The zero-order valence-corrected chi connectivity index (χ0v) is 23.1. The Morgan fingerprint density at radius 1 is 0.821 bits per heavy atom. The maximum absolute atomic E-state index is 13.8. The highest BCUT2D eigenvalue weighted by atomic mass is 31.2. The van der Waals surface area contributed by atoms with Gasteiger partial charge >= 0.3 is 5.97 Å². The normalized spacial score (nSPS) is 16.5. The Labute approximate surface area is 231 Å². The van der Waals surface area contributed by atoms with Crippen molar-refractivity contribution in [2.45, 2.75) is 51.4 Å². The molecule has 1 fully saturated rings. The molecule has 1 saturated heterocycles. The second-order valence-corrected chi connectivity index (χ2v) is 12.1. The molecule has 0 bridgehead atoms. The van der Waals surface area contributed by atoms with Crippen molar-refractivity contribution in [3.05, 3.63) is 108 Å². The number of nitrogens with zero attached hydrogens (tertiary/aromatic N) is 1. The molecule has 7 nitrogen and oxygen atoms in total. The first kappa shape index (κ1) is 28.8. The van der Waals surface area contributed by atoms with E-state index in [2.05, 4.69) is 17.2 Å². The Bertz CT molecular complexity index is 1220. The van der Waals surface area contributed by atoms with E-state index >= 15 is 0 Å². The molecule has 3 aromatic rings. The number of carbonyl (C=O) groups excluding carboxylic acids is 2. The summed E-state index contributed by atoms with van der Waals surface area (Å²) in [5.74, 6) is -0.684. The van der Waals surface area contributed by atoms with Gasteiger partial charge in [-0.05, 0) is 48.8 Å². The highest BCUT2D eigenvalue weighted by Crippen LogP contribution is 2.44. The molecule has 0 radical (unpaired) electrons. The van der Waals surface area contributed by atoms with Crippen LogP contribution in [0.3, 0.4) is 0 Å². The number of hydrogen-bond acceptors (Lipinski definition) is 5. The number of rotatable bonds is 14. The summed E-state index contributed by atoms with van der Waals surface area (Å²) in [4.78, 5) is 27.5. The lowest BCUT2D eigenvalue weighted by Crippen LogP contribution is -2.44. The molecule has 1 aliphatic heterocycles. The molecule has 39 heavy (non-hydrogen) atoms. The minimum Gasteiger partial charge on any atom is -0.459 e. The summed E-state index contributed by atoms with van der Waals surface area (Å²) >= 11 is 0. The lowest BCUT2D eigenvalue weighted by molar-refractivity contribution is -0.154. The number of aryl methyl sites for hydroxylation is 1. The van der Waals surface area contributed by atoms with Gasteiger partial charge in [0.05, 0.1) is 13.2 Å². The van der Waals surface area contributed by atoms with Gasteiger partial charge in [0.1, 0.15) is 12.6 Å². The fourth-order valence-electron chi connectivity index (χ4n) is 4.66. The van der Waals surface area contributed by atoms with E-state index in [4.69, 9.17) is 9.26 Å². The summed E-state index contributed by atoms with van der Waals surface area (Å²) in [5, 5.41) is 2.95. The summed E-state index contributed by atoms with van der Waals surface area (Å²) in [6, 6.07) is 28.6. The number of ether oxygens (including phenoxy) is 1. The van der Waals surface area contributed by atoms with E-state index in [0.29, 0.717) is 25.5 Å². The molecule has 1 amide bonds. The van der Waals surface area contributed by atoms with Crippen LogP contribution in [-0.4, -0.2) is 42.1 Å². The van der Waals surface area contributed by atoms with Gasteiger partial charge in [-0.2, -0.15) is 0 Å². The third kappa shape index (κ3) is 9.17. The highest BCUT2D eigenvalue weighted by molar-refractivity contribution is 7.56. The van der Waals surface area contributed by atoms with Gasteiger partial charge in [0.15, 0.2) is 0 Å². The molecule has 206 valence electrons. The maximum Gasteiger partial charge on any atom is 0.329 e. The summed E-state index contributed by atoms with van der Waals surface area (Å²) < 4.78 is 25.2. The quantitative estimate of drug-likeness (QED) is 0.157. The molecule has 0 aliphatic carbocycles. The van der Waals surface area contributed by atoms with E-state index in [-0.39, 0.29) is 25.7 Å². The lowest BCUT2D eigenvalue weighted by Gasteiger charge is -2.25. The van der Waals surface area contributed by atoms with E-state index in [9.17, 15) is 14.2 Å². The first-order valence-electron chi connectivity index (χ1n) is 13.6. The summed E-state index contributed by atoms with van der Waals surface area (Å²) in [7, 11) is -3.31. The molecular weight excluding hydrogens is 511 g/mol. The SMILES string of the molecule is O=C(OCc1ccccc1)[C@@H]1CCCN1C(=O)CNP(=O)(CCCCc1ccccc1)OCc1ccccc1. The molecule has 0 saturated carbocycles. The van der Waals surface area contributed by atoms with Crippen LogP contribution in [0, 0.1) is 0 Å². The van der Waals surface area contributed by atoms with Crippen LogP contribution in [-0.2, 0) is 43.0 Å². The third-order valence-corrected chi connectivity index (χ3v) is 8.92. The van der Waals surface area contributed by atoms with Gasteiger partial charge in [0, 0.05) is 12.7 Å². The molecule has 3 aromatic carbocycles. The van der Waals surface area contributed by atoms with E-state index in [1.54, 1.807) is 0 Å². The van der Waals surface area contributed by atoms with Crippen molar-refractivity contribution in [3.8, 4) is 0 Å². The van der Waals surface area contributed by atoms with E-state index in [0.717, 1.165) is 30.4 Å². The number of likely N-dealkylation sites (tertiary alicyclic amines) is 1. The van der Waals surface area contributed by atoms with Gasteiger partial charge in [-0.15, -0.1) is 0 Å². The average Bonchev–Trinajstić information content (AvgIpc) is 3.48. The minimum atomic E-state index is -3.31. The van der Waals surface area contributed by atoms with Crippen molar-refractivity contribution in [1.82, 2.24) is 9.99 Å². The van der Waals surface area contributed by atoms with Crippen LogP contribution in [0.15, 0.2) is 91.0 Å². The molecule has 1 unspecified atom stereocenters. The molecule has 8 heteroatoms. The van der Waals surface area contributed by atoms with Crippen LogP contribution < -0.4 is 5.09 Å². The fraction of sp³-hybridized carbons (Fsp3) is 0.355. The second-order valence-electron chi connectivity index (χ2n) is 9.77. The van der Waals surface area contributed by atoms with Crippen molar-refractivity contribution in [2.24, 2.45) is 0 Å². The Hall–Kier alpha value is -3.25. The number of benzene rings is 3. The number of amides is 1. The largest absolute Gasteiger partial charge is 0.459 e. The third-order valence-electron chi connectivity index (χ3n) is 6.83. The fourth-order valence-corrected chi connectivity index (χ4v) is 6.41. The first-order chi connectivity index (χ1) is 19.0. The van der Waals surface area contributed by atoms with Crippen molar-refractivity contribution < 1.29 is 23.4 Å². The van der Waals surface area contributed by atoms with E-state index < -0.39 is 19.5 Å². The molecular formula is C31H37N2O5P. The predicted octanol–water partition coefficient (Wildman–Crippen LogP) is 5.74. The summed E-state index contributed by atoms with van der Waals surface area (Å²) in [5.41, 5.74) is 3.04. The monoisotopic (exact) mass is 548 g/mol. The minimum absolute atomic E-state index is 0.160. The van der Waals surface area contributed by atoms with Crippen LogP contribution in [0.5, 0.6) is 0 Å². The maximum atomic E-state index is 13.8. The van der Waals surface area contributed by atoms with Crippen LogP contribution in [0.4, 0.5) is 0 Å². The Morgan fingerprint density at radius 3 is 2.05 bits per heavy atom. The molecule has 0 spiro atoms.